The summed E-state index contributed by atoms with van der Waals surface area (Å²) in [7, 11) is 1.37. The van der Waals surface area contributed by atoms with Gasteiger partial charge in [-0.05, 0) is 42.0 Å². The van der Waals surface area contributed by atoms with E-state index in [0.717, 1.165) is 12.1 Å². The second-order valence-electron chi connectivity index (χ2n) is 6.90. The first kappa shape index (κ1) is 22.3. The van der Waals surface area contributed by atoms with Gasteiger partial charge in [0.05, 0.1) is 25.3 Å². The summed E-state index contributed by atoms with van der Waals surface area (Å²) >= 11 is 0. The third-order valence-corrected chi connectivity index (χ3v) is 5.00. The van der Waals surface area contributed by atoms with Crippen molar-refractivity contribution >= 4 is 17.4 Å². The molecule has 0 radical (unpaired) electrons. The van der Waals surface area contributed by atoms with Gasteiger partial charge in [0.1, 0.15) is 11.6 Å². The Kier molecular flexibility index (Phi) is 6.88. The molecule has 1 atom stereocenters. The number of aliphatic hydroxyl groups is 2. The van der Waals surface area contributed by atoms with E-state index < -0.39 is 29.3 Å². The molecule has 2 aromatic rings. The van der Waals surface area contributed by atoms with Crippen LogP contribution < -0.4 is 10.1 Å². The van der Waals surface area contributed by atoms with Crippen LogP contribution in [0.3, 0.4) is 0 Å². The zero-order chi connectivity index (χ0) is 22.5. The predicted octanol–water partition coefficient (Wildman–Crippen LogP) is 1.54. The lowest BCUT2D eigenvalue weighted by Gasteiger charge is -2.26. The largest absolute Gasteiger partial charge is 0.507 e. The van der Waals surface area contributed by atoms with Gasteiger partial charge < -0.3 is 30.3 Å². The number of carbonyl (C=O) groups is 2. The summed E-state index contributed by atoms with van der Waals surface area (Å²) in [4.78, 5) is 27.0. The number of likely N-dealkylation sites (tertiary alicyclic amines) is 1. The Labute approximate surface area is 178 Å². The topological polar surface area (TPSA) is 119 Å². The summed E-state index contributed by atoms with van der Waals surface area (Å²) < 4.78 is 18.4. The van der Waals surface area contributed by atoms with Gasteiger partial charge in [-0.25, -0.2) is 4.39 Å². The molecule has 1 saturated heterocycles. The maximum atomic E-state index is 13.3. The van der Waals surface area contributed by atoms with Crippen molar-refractivity contribution in [2.45, 2.75) is 6.04 Å². The number of ketones is 1. The summed E-state index contributed by atoms with van der Waals surface area (Å²) in [6, 6.07) is 8.35. The molecule has 2 aromatic carbocycles. The van der Waals surface area contributed by atoms with Crippen molar-refractivity contribution in [1.82, 2.24) is 10.2 Å². The van der Waals surface area contributed by atoms with E-state index in [0.29, 0.717) is 18.7 Å². The van der Waals surface area contributed by atoms with Crippen molar-refractivity contribution in [1.29, 1.82) is 0 Å². The van der Waals surface area contributed by atoms with E-state index in [4.69, 9.17) is 9.84 Å². The predicted molar refractivity (Wildman–Crippen MR) is 110 cm³/mol. The Morgan fingerprint density at radius 1 is 1.16 bits per heavy atom. The number of nitrogens with one attached hydrogen (secondary N) is 1. The van der Waals surface area contributed by atoms with Gasteiger partial charge in [0.2, 0.25) is 0 Å². The summed E-state index contributed by atoms with van der Waals surface area (Å²) in [5, 5.41) is 32.7. The molecule has 1 amide bonds. The number of benzene rings is 2. The van der Waals surface area contributed by atoms with E-state index in [1.54, 1.807) is 0 Å². The minimum atomic E-state index is -0.949. The SMILES string of the molecule is COc1cc(C2C(=C(O)c3ccc(F)cc3)C(=O)C(=O)N2CCNCCO)ccc1O. The van der Waals surface area contributed by atoms with Crippen LogP contribution in [0.25, 0.3) is 5.76 Å². The number of methoxy groups -OCH3 is 1. The Bertz CT molecular complexity index is 1010. The Balaban J connectivity index is 2.10. The van der Waals surface area contributed by atoms with Gasteiger partial charge in [0.25, 0.3) is 11.7 Å². The van der Waals surface area contributed by atoms with E-state index in [1.165, 1.54) is 42.3 Å². The van der Waals surface area contributed by atoms with Crippen molar-refractivity contribution in [3.63, 3.8) is 0 Å². The second kappa shape index (κ2) is 9.59. The highest BCUT2D eigenvalue weighted by molar-refractivity contribution is 6.46. The summed E-state index contributed by atoms with van der Waals surface area (Å²) in [6.07, 6.45) is 0. The maximum absolute atomic E-state index is 13.3. The number of rotatable bonds is 8. The van der Waals surface area contributed by atoms with Gasteiger partial charge in [-0.3, -0.25) is 9.59 Å². The van der Waals surface area contributed by atoms with E-state index in [9.17, 15) is 24.2 Å². The quantitative estimate of drug-likeness (QED) is 0.217. The molecule has 8 nitrogen and oxygen atoms in total. The van der Waals surface area contributed by atoms with Crippen LogP contribution in [0.1, 0.15) is 17.2 Å². The van der Waals surface area contributed by atoms with Gasteiger partial charge >= 0.3 is 0 Å². The normalized spacial score (nSPS) is 17.9. The number of carbonyl (C=O) groups excluding carboxylic acids is 2. The second-order valence-corrected chi connectivity index (χ2v) is 6.90. The van der Waals surface area contributed by atoms with E-state index in [-0.39, 0.29) is 35.8 Å². The van der Waals surface area contributed by atoms with Crippen molar-refractivity contribution in [2.24, 2.45) is 0 Å². The average Bonchev–Trinajstić information content (AvgIpc) is 3.02. The van der Waals surface area contributed by atoms with E-state index in [1.807, 2.05) is 0 Å². The highest BCUT2D eigenvalue weighted by Gasteiger charge is 2.46. The lowest BCUT2D eigenvalue weighted by Crippen LogP contribution is -2.36. The van der Waals surface area contributed by atoms with Crippen molar-refractivity contribution in [2.75, 3.05) is 33.4 Å². The maximum Gasteiger partial charge on any atom is 0.295 e. The number of phenols is 1. The molecular weight excluding hydrogens is 407 g/mol. The van der Waals surface area contributed by atoms with Gasteiger partial charge in [0.15, 0.2) is 11.5 Å². The van der Waals surface area contributed by atoms with Gasteiger partial charge in [-0.2, -0.15) is 0 Å². The van der Waals surface area contributed by atoms with Gasteiger partial charge in [-0.1, -0.05) is 6.07 Å². The first-order chi connectivity index (χ1) is 14.9. The van der Waals surface area contributed by atoms with Crippen LogP contribution in [-0.4, -0.2) is 65.3 Å². The lowest BCUT2D eigenvalue weighted by atomic mass is 9.95. The summed E-state index contributed by atoms with van der Waals surface area (Å²) in [5.41, 5.74) is 0.486. The Morgan fingerprint density at radius 3 is 2.52 bits per heavy atom. The zero-order valence-corrected chi connectivity index (χ0v) is 16.8. The van der Waals surface area contributed by atoms with Crippen LogP contribution in [0.15, 0.2) is 48.0 Å². The Hall–Kier alpha value is -3.43. The smallest absolute Gasteiger partial charge is 0.295 e. The number of amides is 1. The van der Waals surface area contributed by atoms with Crippen LogP contribution >= 0.6 is 0 Å². The molecule has 31 heavy (non-hydrogen) atoms. The molecule has 1 aliphatic rings. The summed E-state index contributed by atoms with van der Waals surface area (Å²) in [5.74, 6) is -2.59. The molecule has 0 bridgehead atoms. The summed E-state index contributed by atoms with van der Waals surface area (Å²) in [6.45, 7) is 0.660. The number of aliphatic hydroxyl groups excluding tert-OH is 2. The molecule has 0 saturated carbocycles. The van der Waals surface area contributed by atoms with Crippen LogP contribution in [0, 0.1) is 5.82 Å². The molecule has 1 fully saturated rings. The van der Waals surface area contributed by atoms with E-state index >= 15 is 0 Å². The molecule has 4 N–H and O–H groups in total. The number of hydrogen-bond acceptors (Lipinski definition) is 7. The fourth-order valence-corrected chi connectivity index (χ4v) is 3.49. The standard InChI is InChI=1S/C22H23FN2O6/c1-31-17-12-14(4-7-16(17)27)19-18(20(28)13-2-5-15(23)6-3-13)21(29)22(30)25(19)10-8-24-9-11-26/h2-7,12,19,24,26-28H,8-11H2,1H3. The molecule has 1 heterocycles. The first-order valence-corrected chi connectivity index (χ1v) is 9.61. The number of halogens is 1. The number of phenolic OH excluding ortho intramolecular Hbond substituents is 1. The van der Waals surface area contributed by atoms with Gasteiger partial charge in [-0.15, -0.1) is 0 Å². The third kappa shape index (κ3) is 4.52. The molecule has 0 spiro atoms. The van der Waals surface area contributed by atoms with Crippen LogP contribution in [0.2, 0.25) is 0 Å². The van der Waals surface area contributed by atoms with Crippen LogP contribution in [0.4, 0.5) is 4.39 Å². The lowest BCUT2D eigenvalue weighted by molar-refractivity contribution is -0.139. The van der Waals surface area contributed by atoms with Crippen LogP contribution in [0.5, 0.6) is 11.5 Å². The van der Waals surface area contributed by atoms with Gasteiger partial charge in [0, 0.05) is 25.2 Å². The number of Topliss-reactive ketones (excluding diaryl/α,β-unsaturated/α-hetero) is 1. The Morgan fingerprint density at radius 2 is 1.87 bits per heavy atom. The first-order valence-electron chi connectivity index (χ1n) is 9.61. The highest BCUT2D eigenvalue weighted by atomic mass is 19.1. The van der Waals surface area contributed by atoms with E-state index in [2.05, 4.69) is 5.32 Å². The molecule has 0 aromatic heterocycles. The van der Waals surface area contributed by atoms with Crippen molar-refractivity contribution < 1.29 is 34.0 Å². The van der Waals surface area contributed by atoms with Crippen molar-refractivity contribution in [3.8, 4) is 11.5 Å². The van der Waals surface area contributed by atoms with Crippen LogP contribution in [-0.2, 0) is 9.59 Å². The fourth-order valence-electron chi connectivity index (χ4n) is 3.49. The molecular formula is C22H23FN2O6. The van der Waals surface area contributed by atoms with Crippen molar-refractivity contribution in [3.05, 3.63) is 65.0 Å². The fraction of sp³-hybridized carbons (Fsp3) is 0.273. The molecule has 0 aliphatic carbocycles. The average molecular weight is 430 g/mol. The molecule has 3 rings (SSSR count). The number of aromatic hydroxyl groups is 1. The molecule has 9 heteroatoms. The molecule has 1 unspecified atom stereocenters. The number of ether oxygens (including phenoxy) is 1. The number of hydrogen-bond donors (Lipinski definition) is 4. The molecule has 1 aliphatic heterocycles. The zero-order valence-electron chi connectivity index (χ0n) is 16.8. The monoisotopic (exact) mass is 430 g/mol. The minimum absolute atomic E-state index is 0.0814. The molecule has 164 valence electrons. The minimum Gasteiger partial charge on any atom is -0.507 e. The highest BCUT2D eigenvalue weighted by Crippen LogP contribution is 2.41. The third-order valence-electron chi connectivity index (χ3n) is 5.00. The number of nitrogens with zero attached hydrogens (tertiary/aromatic N) is 1.